The molecule has 0 aliphatic carbocycles. The van der Waals surface area contributed by atoms with E-state index in [0.717, 1.165) is 34.6 Å². The predicted octanol–water partition coefficient (Wildman–Crippen LogP) is 3.14. The second-order valence-corrected chi connectivity index (χ2v) is 7.75. The summed E-state index contributed by atoms with van der Waals surface area (Å²) in [7, 11) is 0. The normalized spacial score (nSPS) is 10.4. The van der Waals surface area contributed by atoms with E-state index in [9.17, 15) is 9.59 Å². The maximum absolute atomic E-state index is 12.1. The number of rotatable bonds is 9. The van der Waals surface area contributed by atoms with Gasteiger partial charge in [0, 0.05) is 17.9 Å². The van der Waals surface area contributed by atoms with E-state index in [1.54, 1.807) is 0 Å². The van der Waals surface area contributed by atoms with E-state index in [1.807, 2.05) is 36.4 Å². The van der Waals surface area contributed by atoms with Gasteiger partial charge in [-0.1, -0.05) is 25.1 Å². The molecule has 0 aliphatic heterocycles. The first-order valence-corrected chi connectivity index (χ1v) is 10.5. The van der Waals surface area contributed by atoms with Crippen molar-refractivity contribution < 1.29 is 9.59 Å². The third-order valence-electron chi connectivity index (χ3n) is 4.36. The van der Waals surface area contributed by atoms with Gasteiger partial charge in [-0.15, -0.1) is 11.3 Å². The van der Waals surface area contributed by atoms with Crippen molar-refractivity contribution in [1.82, 2.24) is 15.6 Å². The minimum Gasteiger partial charge on any atom is -0.347 e. The van der Waals surface area contributed by atoms with E-state index in [-0.39, 0.29) is 25.4 Å². The van der Waals surface area contributed by atoms with E-state index in [1.165, 1.54) is 11.3 Å². The Hall–Kier alpha value is -3.44. The van der Waals surface area contributed by atoms with Crippen molar-refractivity contribution in [2.75, 3.05) is 24.5 Å². The van der Waals surface area contributed by atoms with Gasteiger partial charge in [0.05, 0.1) is 29.3 Å². The minimum atomic E-state index is -0.393. The molecule has 2 aromatic carbocycles. The van der Waals surface area contributed by atoms with Gasteiger partial charge >= 0.3 is 0 Å². The first-order chi connectivity index (χ1) is 14.6. The molecule has 0 atom stereocenters. The van der Waals surface area contributed by atoms with E-state index in [2.05, 4.69) is 45.6 Å². The maximum atomic E-state index is 12.1. The highest BCUT2D eigenvalue weighted by atomic mass is 32.1. The number of nitrogens with zero attached hydrogens (tertiary/aromatic N) is 3. The molecule has 0 aliphatic rings. The van der Waals surface area contributed by atoms with E-state index < -0.39 is 5.91 Å². The number of thiazole rings is 1. The number of carbonyl (C=O) groups is 2. The average molecular weight is 422 g/mol. The zero-order chi connectivity index (χ0) is 21.3. The number of hydrogen-bond donors (Lipinski definition) is 2. The topological polar surface area (TPSA) is 98.1 Å². The molecule has 0 spiro atoms. The maximum Gasteiger partial charge on any atom is 0.240 e. The van der Waals surface area contributed by atoms with E-state index >= 15 is 0 Å². The molecule has 1 heterocycles. The van der Waals surface area contributed by atoms with Crippen LogP contribution in [0.3, 0.4) is 0 Å². The van der Waals surface area contributed by atoms with Gasteiger partial charge in [-0.25, -0.2) is 4.98 Å². The molecule has 0 saturated heterocycles. The molecule has 0 radical (unpaired) electrons. The number of fused-ring (bicyclic) bond motifs is 1. The summed E-state index contributed by atoms with van der Waals surface area (Å²) in [5.41, 5.74) is 3.04. The largest absolute Gasteiger partial charge is 0.347 e. The number of aromatic nitrogens is 1. The van der Waals surface area contributed by atoms with Crippen molar-refractivity contribution in [3.05, 3.63) is 53.5 Å². The molecule has 1 aromatic heterocycles. The van der Waals surface area contributed by atoms with Crippen molar-refractivity contribution in [1.29, 1.82) is 5.26 Å². The number of hydrogen-bond acceptors (Lipinski definition) is 6. The zero-order valence-electron chi connectivity index (χ0n) is 16.7. The van der Waals surface area contributed by atoms with Crippen LogP contribution in [0.25, 0.3) is 10.2 Å². The van der Waals surface area contributed by atoms with Gasteiger partial charge < -0.3 is 15.5 Å². The first kappa shape index (κ1) is 21.3. The Balaban J connectivity index is 1.70. The van der Waals surface area contributed by atoms with Crippen LogP contribution in [-0.2, 0) is 16.0 Å². The highest BCUT2D eigenvalue weighted by Gasteiger charge is 2.13. The molecule has 8 heteroatoms. The Morgan fingerprint density at radius 3 is 2.63 bits per heavy atom. The molecule has 154 valence electrons. The summed E-state index contributed by atoms with van der Waals surface area (Å²) in [6.07, 6.45) is 1.12. The van der Waals surface area contributed by atoms with Crippen LogP contribution in [0.15, 0.2) is 48.5 Å². The molecule has 3 aromatic rings. The van der Waals surface area contributed by atoms with Crippen LogP contribution >= 0.6 is 11.3 Å². The van der Waals surface area contributed by atoms with Crippen molar-refractivity contribution in [2.24, 2.45) is 0 Å². The van der Waals surface area contributed by atoms with E-state index in [0.29, 0.717) is 5.01 Å². The van der Waals surface area contributed by atoms with Crippen molar-refractivity contribution >= 4 is 44.7 Å². The molecule has 0 bridgehead atoms. The van der Waals surface area contributed by atoms with Gasteiger partial charge in [0.1, 0.15) is 11.6 Å². The van der Waals surface area contributed by atoms with Gasteiger partial charge in [-0.3, -0.25) is 9.59 Å². The highest BCUT2D eigenvalue weighted by molar-refractivity contribution is 7.18. The van der Waals surface area contributed by atoms with Crippen LogP contribution in [0.5, 0.6) is 0 Å². The number of nitrogens with one attached hydrogen (secondary N) is 2. The van der Waals surface area contributed by atoms with Gasteiger partial charge in [-0.05, 0) is 36.8 Å². The lowest BCUT2D eigenvalue weighted by Crippen LogP contribution is -2.37. The van der Waals surface area contributed by atoms with Crippen molar-refractivity contribution in [3.8, 4) is 6.07 Å². The predicted molar refractivity (Wildman–Crippen MR) is 119 cm³/mol. The number of anilines is 2. The number of amides is 2. The van der Waals surface area contributed by atoms with Crippen LogP contribution in [-0.4, -0.2) is 36.4 Å². The Morgan fingerprint density at radius 2 is 1.90 bits per heavy atom. The van der Waals surface area contributed by atoms with E-state index in [4.69, 9.17) is 5.26 Å². The summed E-state index contributed by atoms with van der Waals surface area (Å²) in [5.74, 6) is -0.672. The fourth-order valence-corrected chi connectivity index (χ4v) is 3.97. The van der Waals surface area contributed by atoms with Crippen LogP contribution in [0, 0.1) is 11.3 Å². The number of benzene rings is 2. The Morgan fingerprint density at radius 1 is 1.10 bits per heavy atom. The van der Waals surface area contributed by atoms with Gasteiger partial charge in [0.15, 0.2) is 0 Å². The standard InChI is InChI=1S/C22H23N5O2S/c1-2-12-27(16-6-4-3-5-7-16)17-8-9-19-18(13-17)26-22(30-19)14-20(28)25-15-21(29)24-11-10-23/h3-9,13H,2,11-12,14-15H2,1H3,(H,24,29)(H,25,28). The Kier molecular flexibility index (Phi) is 7.35. The fraction of sp³-hybridized carbons (Fsp3) is 0.273. The summed E-state index contributed by atoms with van der Waals surface area (Å²) < 4.78 is 1.01. The summed E-state index contributed by atoms with van der Waals surface area (Å²) >= 11 is 1.47. The van der Waals surface area contributed by atoms with Crippen molar-refractivity contribution in [2.45, 2.75) is 19.8 Å². The third-order valence-corrected chi connectivity index (χ3v) is 5.40. The summed E-state index contributed by atoms with van der Waals surface area (Å²) in [6.45, 7) is 2.81. The van der Waals surface area contributed by atoms with Gasteiger partial charge in [0.25, 0.3) is 0 Å². The molecule has 2 N–H and O–H groups in total. The fourth-order valence-electron chi connectivity index (χ4n) is 3.03. The smallest absolute Gasteiger partial charge is 0.240 e. The number of carbonyl (C=O) groups excluding carboxylic acids is 2. The Bertz CT molecular complexity index is 1060. The molecular weight excluding hydrogens is 398 g/mol. The quantitative estimate of drug-likeness (QED) is 0.517. The monoisotopic (exact) mass is 421 g/mol. The lowest BCUT2D eigenvalue weighted by molar-refractivity contribution is -0.125. The number of nitriles is 1. The lowest BCUT2D eigenvalue weighted by atomic mass is 10.2. The molecule has 2 amide bonds. The molecular formula is C22H23N5O2S. The Labute approximate surface area is 179 Å². The zero-order valence-corrected chi connectivity index (χ0v) is 17.5. The lowest BCUT2D eigenvalue weighted by Gasteiger charge is -2.24. The summed E-state index contributed by atoms with van der Waals surface area (Å²) in [5, 5.41) is 14.1. The van der Waals surface area contributed by atoms with Crippen LogP contribution in [0.1, 0.15) is 18.4 Å². The average Bonchev–Trinajstić information content (AvgIpc) is 3.16. The van der Waals surface area contributed by atoms with Crippen LogP contribution in [0.2, 0.25) is 0 Å². The molecule has 0 saturated carbocycles. The molecule has 30 heavy (non-hydrogen) atoms. The van der Waals surface area contributed by atoms with Gasteiger partial charge in [-0.2, -0.15) is 5.26 Å². The third kappa shape index (κ3) is 5.55. The molecule has 0 fully saturated rings. The molecule has 0 unspecified atom stereocenters. The van der Waals surface area contributed by atoms with Gasteiger partial charge in [0.2, 0.25) is 11.8 Å². The van der Waals surface area contributed by atoms with Crippen LogP contribution < -0.4 is 15.5 Å². The summed E-state index contributed by atoms with van der Waals surface area (Å²) in [4.78, 5) is 30.5. The number of para-hydroxylation sites is 1. The van der Waals surface area contributed by atoms with Crippen LogP contribution in [0.4, 0.5) is 11.4 Å². The second-order valence-electron chi connectivity index (χ2n) is 6.64. The highest BCUT2D eigenvalue weighted by Crippen LogP contribution is 2.31. The first-order valence-electron chi connectivity index (χ1n) is 9.73. The minimum absolute atomic E-state index is 0.0765. The van der Waals surface area contributed by atoms with Crippen molar-refractivity contribution in [3.63, 3.8) is 0 Å². The second kappa shape index (κ2) is 10.4. The molecule has 7 nitrogen and oxygen atoms in total. The SMILES string of the molecule is CCCN(c1ccccc1)c1ccc2sc(CC(=O)NCC(=O)NCC#N)nc2c1. The summed E-state index contributed by atoms with van der Waals surface area (Å²) in [6, 6.07) is 18.2. The molecule has 3 rings (SSSR count).